The van der Waals surface area contributed by atoms with Crippen molar-refractivity contribution in [1.82, 2.24) is 20.9 Å². The Labute approximate surface area is 204 Å². The molecule has 0 aromatic carbocycles. The standard InChI is InChI=1S/C24H35F2N5O4/c1-24(2,3)18(30-22(34)19(25)26)23(35)31-12-14-6-4-8-16(14)17(31)21(33)29-15(11-27)10-13-7-5-9-28-20(13)32/h13-19H,4-10,12H2,1-3H3,(H,28,32)(H,29,33)(H,30,34)/t13-,14?,15-,16?,17?,18+/m0/s1. The molecule has 3 N–H and O–H groups in total. The molecule has 0 radical (unpaired) electrons. The van der Waals surface area contributed by atoms with Gasteiger partial charge in [0, 0.05) is 19.0 Å². The van der Waals surface area contributed by atoms with E-state index in [-0.39, 0.29) is 30.1 Å². The van der Waals surface area contributed by atoms with E-state index in [0.29, 0.717) is 19.5 Å². The van der Waals surface area contributed by atoms with Crippen molar-refractivity contribution in [3.8, 4) is 6.07 Å². The van der Waals surface area contributed by atoms with Gasteiger partial charge in [0.25, 0.3) is 5.91 Å². The summed E-state index contributed by atoms with van der Waals surface area (Å²) >= 11 is 0. The zero-order valence-corrected chi connectivity index (χ0v) is 20.5. The molecule has 1 saturated carbocycles. The maximum absolute atomic E-state index is 13.6. The van der Waals surface area contributed by atoms with E-state index in [1.54, 1.807) is 20.8 Å². The van der Waals surface area contributed by atoms with Crippen LogP contribution in [0.4, 0.5) is 8.78 Å². The second kappa shape index (κ2) is 10.9. The molecule has 0 spiro atoms. The molecule has 1 aliphatic carbocycles. The average Bonchev–Trinajstić information content (AvgIpc) is 3.38. The number of nitrogens with zero attached hydrogens (tertiary/aromatic N) is 2. The first-order chi connectivity index (χ1) is 16.4. The third kappa shape index (κ3) is 6.08. The molecule has 0 aromatic heterocycles. The van der Waals surface area contributed by atoms with Crippen molar-refractivity contribution in [2.75, 3.05) is 13.1 Å². The number of hydrogen-bond acceptors (Lipinski definition) is 5. The van der Waals surface area contributed by atoms with Crippen molar-refractivity contribution >= 4 is 23.6 Å². The molecular formula is C24H35F2N5O4. The van der Waals surface area contributed by atoms with Gasteiger partial charge in [0.2, 0.25) is 17.7 Å². The molecule has 11 heteroatoms. The molecule has 3 aliphatic rings. The molecule has 2 heterocycles. The highest BCUT2D eigenvalue weighted by Crippen LogP contribution is 2.43. The Morgan fingerprint density at radius 3 is 2.49 bits per heavy atom. The lowest BCUT2D eigenvalue weighted by Gasteiger charge is -2.36. The maximum Gasteiger partial charge on any atom is 0.315 e. The number of alkyl halides is 2. The molecular weight excluding hydrogens is 460 g/mol. The third-order valence-electron chi connectivity index (χ3n) is 7.43. The van der Waals surface area contributed by atoms with Gasteiger partial charge in [-0.05, 0) is 49.4 Å². The molecule has 194 valence electrons. The van der Waals surface area contributed by atoms with Gasteiger partial charge in [0.1, 0.15) is 18.1 Å². The minimum absolute atomic E-state index is 0.0887. The second-order valence-corrected chi connectivity index (χ2v) is 11.0. The van der Waals surface area contributed by atoms with E-state index < -0.39 is 47.7 Å². The third-order valence-corrected chi connectivity index (χ3v) is 7.43. The monoisotopic (exact) mass is 495 g/mol. The van der Waals surface area contributed by atoms with Crippen molar-refractivity contribution < 1.29 is 28.0 Å². The number of nitriles is 1. The Morgan fingerprint density at radius 1 is 1.17 bits per heavy atom. The molecule has 3 rings (SSSR count). The van der Waals surface area contributed by atoms with Crippen LogP contribution in [0.5, 0.6) is 0 Å². The molecule has 2 saturated heterocycles. The minimum Gasteiger partial charge on any atom is -0.356 e. The molecule has 0 aromatic rings. The Hall–Kier alpha value is -2.77. The lowest BCUT2D eigenvalue weighted by Crippen LogP contribution is -2.59. The zero-order chi connectivity index (χ0) is 25.9. The van der Waals surface area contributed by atoms with E-state index in [0.717, 1.165) is 25.7 Å². The van der Waals surface area contributed by atoms with Gasteiger partial charge < -0.3 is 20.9 Å². The van der Waals surface area contributed by atoms with Gasteiger partial charge in [-0.1, -0.05) is 27.2 Å². The van der Waals surface area contributed by atoms with E-state index in [4.69, 9.17) is 0 Å². The highest BCUT2D eigenvalue weighted by atomic mass is 19.3. The number of carbonyl (C=O) groups is 4. The first-order valence-electron chi connectivity index (χ1n) is 12.3. The predicted octanol–water partition coefficient (Wildman–Crippen LogP) is 1.33. The van der Waals surface area contributed by atoms with Crippen molar-refractivity contribution in [2.45, 2.75) is 83.8 Å². The van der Waals surface area contributed by atoms with Gasteiger partial charge in [-0.25, -0.2) is 0 Å². The fourth-order valence-corrected chi connectivity index (χ4v) is 5.63. The molecule has 9 nitrogen and oxygen atoms in total. The summed E-state index contributed by atoms with van der Waals surface area (Å²) in [7, 11) is 0. The Bertz CT molecular complexity index is 884. The molecule has 2 aliphatic heterocycles. The number of nitrogens with one attached hydrogen (secondary N) is 3. The lowest BCUT2D eigenvalue weighted by atomic mass is 9.85. The summed E-state index contributed by atoms with van der Waals surface area (Å²) in [4.78, 5) is 52.3. The molecule has 3 fully saturated rings. The Morgan fingerprint density at radius 2 is 1.89 bits per heavy atom. The fraction of sp³-hybridized carbons (Fsp3) is 0.792. The summed E-state index contributed by atoms with van der Waals surface area (Å²) in [5.41, 5.74) is -0.871. The van der Waals surface area contributed by atoms with Crippen LogP contribution in [0.1, 0.15) is 59.3 Å². The summed E-state index contributed by atoms with van der Waals surface area (Å²) in [6.07, 6.45) is 0.835. The zero-order valence-electron chi connectivity index (χ0n) is 20.5. The Balaban J connectivity index is 1.79. The molecule has 0 bridgehead atoms. The number of hydrogen-bond donors (Lipinski definition) is 3. The number of amides is 4. The normalized spacial score (nSPS) is 28.0. The van der Waals surface area contributed by atoms with Crippen molar-refractivity contribution in [2.24, 2.45) is 23.2 Å². The number of halogens is 2. The lowest BCUT2D eigenvalue weighted by molar-refractivity contribution is -0.146. The van der Waals surface area contributed by atoms with Crippen molar-refractivity contribution in [1.29, 1.82) is 5.26 Å². The smallest absolute Gasteiger partial charge is 0.315 e. The van der Waals surface area contributed by atoms with Crippen LogP contribution in [0.2, 0.25) is 0 Å². The molecule has 35 heavy (non-hydrogen) atoms. The second-order valence-electron chi connectivity index (χ2n) is 11.0. The van der Waals surface area contributed by atoms with Gasteiger partial charge in [-0.2, -0.15) is 14.0 Å². The van der Waals surface area contributed by atoms with E-state index >= 15 is 0 Å². The first-order valence-corrected chi connectivity index (χ1v) is 12.3. The van der Waals surface area contributed by atoms with Crippen LogP contribution in [0, 0.1) is 34.5 Å². The van der Waals surface area contributed by atoms with Gasteiger partial charge >= 0.3 is 6.43 Å². The molecule has 3 unspecified atom stereocenters. The summed E-state index contributed by atoms with van der Waals surface area (Å²) in [5.74, 6) is -3.13. The summed E-state index contributed by atoms with van der Waals surface area (Å²) in [5, 5.41) is 17.3. The number of fused-ring (bicyclic) bond motifs is 1. The van der Waals surface area contributed by atoms with Crippen molar-refractivity contribution in [3.63, 3.8) is 0 Å². The quantitative estimate of drug-likeness (QED) is 0.490. The molecule has 6 atom stereocenters. The number of rotatable bonds is 7. The van der Waals surface area contributed by atoms with Gasteiger partial charge in [-0.15, -0.1) is 0 Å². The van der Waals surface area contributed by atoms with Crippen molar-refractivity contribution in [3.05, 3.63) is 0 Å². The summed E-state index contributed by atoms with van der Waals surface area (Å²) < 4.78 is 25.9. The van der Waals surface area contributed by atoms with Gasteiger partial charge in [0.05, 0.1) is 6.07 Å². The van der Waals surface area contributed by atoms with Crippen LogP contribution in [-0.4, -0.2) is 66.2 Å². The first kappa shape index (κ1) is 26.8. The topological polar surface area (TPSA) is 131 Å². The molecule has 4 amide bonds. The number of carbonyl (C=O) groups excluding carboxylic acids is 4. The van der Waals surface area contributed by atoms with Crippen LogP contribution in [-0.2, 0) is 19.2 Å². The largest absolute Gasteiger partial charge is 0.356 e. The maximum atomic E-state index is 13.6. The Kier molecular flexibility index (Phi) is 8.34. The minimum atomic E-state index is -3.27. The number of piperidine rings is 1. The summed E-state index contributed by atoms with van der Waals surface area (Å²) in [6, 6.07) is -0.941. The average molecular weight is 496 g/mol. The SMILES string of the molecule is CC(C)(C)[C@H](NC(=O)C(F)F)C(=O)N1CC2CCCC2C1C(=O)N[C@H](C#N)C[C@@H]1CCCNC1=O. The highest BCUT2D eigenvalue weighted by Gasteiger charge is 2.52. The van der Waals surface area contributed by atoms with Crippen LogP contribution >= 0.6 is 0 Å². The van der Waals surface area contributed by atoms with Gasteiger partial charge in [-0.3, -0.25) is 19.2 Å². The van der Waals surface area contributed by atoms with E-state index in [1.165, 1.54) is 4.90 Å². The highest BCUT2D eigenvalue weighted by molar-refractivity contribution is 5.94. The van der Waals surface area contributed by atoms with E-state index in [9.17, 15) is 33.2 Å². The van der Waals surface area contributed by atoms with Crippen LogP contribution in [0.3, 0.4) is 0 Å². The van der Waals surface area contributed by atoms with Gasteiger partial charge in [0.15, 0.2) is 0 Å². The fourth-order valence-electron chi connectivity index (χ4n) is 5.63. The van der Waals surface area contributed by atoms with E-state index in [1.807, 2.05) is 0 Å². The van der Waals surface area contributed by atoms with E-state index in [2.05, 4.69) is 22.0 Å². The predicted molar refractivity (Wildman–Crippen MR) is 122 cm³/mol. The van der Waals surface area contributed by atoms with Crippen LogP contribution in [0.15, 0.2) is 0 Å². The summed E-state index contributed by atoms with van der Waals surface area (Å²) in [6.45, 7) is 5.87. The van der Waals surface area contributed by atoms with Crippen LogP contribution in [0.25, 0.3) is 0 Å². The van der Waals surface area contributed by atoms with Crippen LogP contribution < -0.4 is 16.0 Å². The number of likely N-dealkylation sites (tertiary alicyclic amines) is 1.